The molecule has 1 aromatic heterocycles. The predicted octanol–water partition coefficient (Wildman–Crippen LogP) is 5.75. The topological polar surface area (TPSA) is 88.8 Å². The second-order valence-corrected chi connectivity index (χ2v) is 6.56. The van der Waals surface area contributed by atoms with Gasteiger partial charge >= 0.3 is 6.18 Å². The Bertz CT molecular complexity index is 1180. The van der Waals surface area contributed by atoms with Gasteiger partial charge in [0.15, 0.2) is 5.82 Å². The lowest BCUT2D eigenvalue weighted by atomic mass is 10.2. The van der Waals surface area contributed by atoms with Gasteiger partial charge < -0.3 is 15.8 Å². The molecule has 0 aliphatic rings. The minimum absolute atomic E-state index is 0.116. The third kappa shape index (κ3) is 4.92. The van der Waals surface area contributed by atoms with Gasteiger partial charge in [-0.25, -0.2) is 4.39 Å². The highest BCUT2D eigenvalue weighted by molar-refractivity contribution is 5.60. The van der Waals surface area contributed by atoms with E-state index in [0.29, 0.717) is 17.1 Å². The highest BCUT2D eigenvalue weighted by Gasteiger charge is 2.30. The molecule has 1 heterocycles. The number of aromatic amines is 1. The second-order valence-electron chi connectivity index (χ2n) is 6.56. The summed E-state index contributed by atoms with van der Waals surface area (Å²) in [6.45, 7) is 0. The van der Waals surface area contributed by atoms with Gasteiger partial charge in [-0.15, -0.1) is 5.10 Å². The summed E-state index contributed by atoms with van der Waals surface area (Å²) in [5, 5.41) is 9.43. The average Bonchev–Trinajstić information content (AvgIpc) is 3.16. The fraction of sp³-hybridized carbons (Fsp3) is 0.0476. The molecule has 6 nitrogen and oxygen atoms in total. The number of anilines is 3. The van der Waals surface area contributed by atoms with Crippen molar-refractivity contribution in [2.24, 2.45) is 0 Å². The lowest BCUT2D eigenvalue weighted by molar-refractivity contribution is -0.137. The Kier molecular flexibility index (Phi) is 5.20. The van der Waals surface area contributed by atoms with Crippen LogP contribution in [0.15, 0.2) is 66.7 Å². The molecule has 0 bridgehead atoms. The molecule has 0 fully saturated rings. The Balaban J connectivity index is 1.47. The van der Waals surface area contributed by atoms with Gasteiger partial charge in [-0.2, -0.15) is 18.2 Å². The summed E-state index contributed by atoms with van der Waals surface area (Å²) in [4.78, 5) is 4.24. The van der Waals surface area contributed by atoms with Crippen LogP contribution >= 0.6 is 0 Å². The van der Waals surface area contributed by atoms with Crippen LogP contribution < -0.4 is 15.8 Å². The predicted molar refractivity (Wildman–Crippen MR) is 107 cm³/mol. The van der Waals surface area contributed by atoms with E-state index in [1.165, 1.54) is 30.3 Å². The first kappa shape index (κ1) is 20.2. The first-order valence-corrected chi connectivity index (χ1v) is 8.97. The normalized spacial score (nSPS) is 11.4. The van der Waals surface area contributed by atoms with E-state index in [-0.39, 0.29) is 23.1 Å². The molecular formula is C21H15F4N5O. The molecule has 0 aliphatic heterocycles. The van der Waals surface area contributed by atoms with Gasteiger partial charge in [0, 0.05) is 29.1 Å². The summed E-state index contributed by atoms with van der Waals surface area (Å²) in [7, 11) is 0. The minimum atomic E-state index is -4.44. The van der Waals surface area contributed by atoms with E-state index in [4.69, 9.17) is 10.5 Å². The highest BCUT2D eigenvalue weighted by Crippen LogP contribution is 2.31. The van der Waals surface area contributed by atoms with Crippen molar-refractivity contribution in [2.75, 3.05) is 11.1 Å². The Morgan fingerprint density at radius 2 is 1.71 bits per heavy atom. The third-order valence-corrected chi connectivity index (χ3v) is 4.19. The molecule has 158 valence electrons. The number of rotatable bonds is 5. The highest BCUT2D eigenvalue weighted by atomic mass is 19.4. The van der Waals surface area contributed by atoms with Gasteiger partial charge in [-0.1, -0.05) is 6.07 Å². The smallest absolute Gasteiger partial charge is 0.416 e. The van der Waals surface area contributed by atoms with E-state index in [1.807, 2.05) is 0 Å². The van der Waals surface area contributed by atoms with Crippen molar-refractivity contribution in [3.63, 3.8) is 0 Å². The van der Waals surface area contributed by atoms with Gasteiger partial charge in [0.25, 0.3) is 0 Å². The largest absolute Gasteiger partial charge is 0.457 e. The van der Waals surface area contributed by atoms with Crippen molar-refractivity contribution in [1.29, 1.82) is 0 Å². The maximum Gasteiger partial charge on any atom is 0.416 e. The van der Waals surface area contributed by atoms with Crippen molar-refractivity contribution in [1.82, 2.24) is 15.2 Å². The Morgan fingerprint density at radius 3 is 2.42 bits per heavy atom. The molecule has 0 atom stereocenters. The zero-order valence-corrected chi connectivity index (χ0v) is 15.7. The number of ether oxygens (including phenoxy) is 1. The quantitative estimate of drug-likeness (QED) is 0.278. The first-order chi connectivity index (χ1) is 14.8. The fourth-order valence-electron chi connectivity index (χ4n) is 2.81. The number of benzene rings is 3. The van der Waals surface area contributed by atoms with Crippen LogP contribution in [0.3, 0.4) is 0 Å². The molecular weight excluding hydrogens is 414 g/mol. The Morgan fingerprint density at radius 1 is 0.935 bits per heavy atom. The summed E-state index contributed by atoms with van der Waals surface area (Å²) in [6, 6.07) is 15.3. The van der Waals surface area contributed by atoms with Crippen molar-refractivity contribution >= 4 is 17.3 Å². The van der Waals surface area contributed by atoms with Crippen molar-refractivity contribution in [2.45, 2.75) is 6.18 Å². The van der Waals surface area contributed by atoms with E-state index < -0.39 is 17.6 Å². The van der Waals surface area contributed by atoms with Crippen LogP contribution in [0.4, 0.5) is 34.9 Å². The van der Waals surface area contributed by atoms with Crippen LogP contribution in [0.1, 0.15) is 5.56 Å². The van der Waals surface area contributed by atoms with E-state index in [2.05, 4.69) is 20.5 Å². The Labute approximate surface area is 173 Å². The van der Waals surface area contributed by atoms with Crippen LogP contribution in [-0.4, -0.2) is 15.2 Å². The summed E-state index contributed by atoms with van der Waals surface area (Å²) in [5.41, 5.74) is 5.94. The summed E-state index contributed by atoms with van der Waals surface area (Å²) in [6.07, 6.45) is -4.44. The van der Waals surface area contributed by atoms with Gasteiger partial charge in [0.05, 0.1) is 5.56 Å². The molecule has 0 radical (unpaired) electrons. The molecule has 31 heavy (non-hydrogen) atoms. The SMILES string of the molecule is Nc1cc(F)cc(Oc2ccc(-c3nc(Nc4cccc(C(F)(F)F)c4)n[nH]3)cc2)c1. The molecule has 4 N–H and O–H groups in total. The standard InChI is InChI=1S/C21H15F4N5O/c22-14-9-15(26)11-18(10-14)31-17-6-4-12(5-7-17)19-28-20(30-29-19)27-16-3-1-2-13(8-16)21(23,24)25/h1-11H,26H2,(H2,27,28,29,30). The van der Waals surface area contributed by atoms with Gasteiger partial charge in [-0.3, -0.25) is 5.10 Å². The summed E-state index contributed by atoms with van der Waals surface area (Å²) >= 11 is 0. The van der Waals surface area contributed by atoms with Gasteiger partial charge in [0.2, 0.25) is 5.95 Å². The molecule has 10 heteroatoms. The first-order valence-electron chi connectivity index (χ1n) is 8.97. The monoisotopic (exact) mass is 429 g/mol. The molecule has 4 aromatic rings. The van der Waals surface area contributed by atoms with E-state index in [9.17, 15) is 17.6 Å². The molecule has 0 saturated heterocycles. The molecule has 0 aliphatic carbocycles. The summed E-state index contributed by atoms with van der Waals surface area (Å²) in [5.74, 6) is 0.725. The third-order valence-electron chi connectivity index (χ3n) is 4.19. The van der Waals surface area contributed by atoms with Crippen LogP contribution in [0, 0.1) is 5.82 Å². The number of H-pyrrole nitrogens is 1. The Hall–Kier alpha value is -4.08. The van der Waals surface area contributed by atoms with Gasteiger partial charge in [0.1, 0.15) is 17.3 Å². The number of halogens is 4. The lowest BCUT2D eigenvalue weighted by Crippen LogP contribution is -2.05. The van der Waals surface area contributed by atoms with Crippen molar-refractivity contribution < 1.29 is 22.3 Å². The van der Waals surface area contributed by atoms with Crippen molar-refractivity contribution in [3.05, 3.63) is 78.1 Å². The van der Waals surface area contributed by atoms with Crippen LogP contribution in [0.2, 0.25) is 0 Å². The number of aromatic nitrogens is 3. The number of alkyl halides is 3. The van der Waals surface area contributed by atoms with Crippen LogP contribution in [0.5, 0.6) is 11.5 Å². The van der Waals surface area contributed by atoms with E-state index in [1.54, 1.807) is 24.3 Å². The van der Waals surface area contributed by atoms with E-state index in [0.717, 1.165) is 12.1 Å². The summed E-state index contributed by atoms with van der Waals surface area (Å²) < 4.78 is 57.5. The lowest BCUT2D eigenvalue weighted by Gasteiger charge is -2.08. The fourth-order valence-corrected chi connectivity index (χ4v) is 2.81. The minimum Gasteiger partial charge on any atom is -0.457 e. The van der Waals surface area contributed by atoms with Crippen LogP contribution in [0.25, 0.3) is 11.4 Å². The molecule has 0 unspecified atom stereocenters. The zero-order chi connectivity index (χ0) is 22.0. The number of hydrogen-bond acceptors (Lipinski definition) is 5. The molecule has 0 saturated carbocycles. The zero-order valence-electron chi connectivity index (χ0n) is 15.7. The van der Waals surface area contributed by atoms with E-state index >= 15 is 0 Å². The maximum atomic E-state index is 13.4. The molecule has 0 amide bonds. The van der Waals surface area contributed by atoms with Crippen LogP contribution in [-0.2, 0) is 6.18 Å². The number of nitrogens with one attached hydrogen (secondary N) is 2. The average molecular weight is 429 g/mol. The number of nitrogen functional groups attached to an aromatic ring is 1. The van der Waals surface area contributed by atoms with Gasteiger partial charge in [-0.05, 0) is 48.5 Å². The second kappa shape index (κ2) is 7.98. The number of nitrogens with zero attached hydrogens (tertiary/aromatic N) is 2. The van der Waals surface area contributed by atoms with Crippen molar-refractivity contribution in [3.8, 4) is 22.9 Å². The molecule has 3 aromatic carbocycles. The number of hydrogen-bond donors (Lipinski definition) is 3. The maximum absolute atomic E-state index is 13.4. The molecule has 4 rings (SSSR count). The number of nitrogens with two attached hydrogens (primary N) is 1. The molecule has 0 spiro atoms.